The molecule has 1 heterocycles. The normalized spacial score (nSPS) is 16.2. The van der Waals surface area contributed by atoms with Gasteiger partial charge < -0.3 is 19.5 Å². The molecule has 23 heavy (non-hydrogen) atoms. The second-order valence-corrected chi connectivity index (χ2v) is 5.64. The van der Waals surface area contributed by atoms with E-state index < -0.39 is 5.97 Å². The molecule has 0 aromatic heterocycles. The Kier molecular flexibility index (Phi) is 6.43. The number of benzene rings is 1. The summed E-state index contributed by atoms with van der Waals surface area (Å²) >= 11 is 0. The minimum atomic E-state index is -0.945. The van der Waals surface area contributed by atoms with Crippen molar-refractivity contribution in [2.75, 3.05) is 53.6 Å². The van der Waals surface area contributed by atoms with Gasteiger partial charge in [-0.15, -0.1) is 0 Å². The van der Waals surface area contributed by atoms with Crippen LogP contribution < -0.4 is 4.74 Å². The number of hydrogen-bond acceptors (Lipinski definition) is 5. The number of carboxylic acids is 1. The molecule has 1 aliphatic rings. The molecule has 2 rings (SSSR count). The van der Waals surface area contributed by atoms with E-state index in [0.717, 1.165) is 38.6 Å². The summed E-state index contributed by atoms with van der Waals surface area (Å²) in [6, 6.07) is 7.16. The molecule has 1 fully saturated rings. The molecule has 1 aromatic carbocycles. The fourth-order valence-corrected chi connectivity index (χ4v) is 2.36. The van der Waals surface area contributed by atoms with Gasteiger partial charge in [-0.2, -0.15) is 0 Å². The Hall–Kier alpha value is -2.05. The Morgan fingerprint density at radius 1 is 1.30 bits per heavy atom. The van der Waals surface area contributed by atoms with E-state index in [1.54, 1.807) is 49.5 Å². The Balaban J connectivity index is 1.89. The maximum Gasteiger partial charge on any atom is 0.337 e. The molecular weight excluding hydrogens is 296 g/mol. The van der Waals surface area contributed by atoms with Crippen LogP contribution in [0.2, 0.25) is 0 Å². The van der Waals surface area contributed by atoms with E-state index in [2.05, 4.69) is 4.90 Å². The third-order valence-electron chi connectivity index (χ3n) is 3.56. The minimum Gasteiger partial charge on any atom is -0.492 e. The summed E-state index contributed by atoms with van der Waals surface area (Å²) in [6.45, 7) is 4.93. The van der Waals surface area contributed by atoms with Gasteiger partial charge in [-0.3, -0.25) is 4.90 Å². The lowest BCUT2D eigenvalue weighted by Crippen LogP contribution is -2.38. The highest BCUT2D eigenvalue weighted by Gasteiger charge is 2.12. The van der Waals surface area contributed by atoms with E-state index in [4.69, 9.17) is 9.47 Å². The van der Waals surface area contributed by atoms with Crippen molar-refractivity contribution in [3.63, 3.8) is 0 Å². The first-order valence-corrected chi connectivity index (χ1v) is 7.71. The van der Waals surface area contributed by atoms with Crippen LogP contribution in [0.1, 0.15) is 5.56 Å². The largest absolute Gasteiger partial charge is 0.492 e. The number of rotatable bonds is 7. The van der Waals surface area contributed by atoms with Crippen LogP contribution >= 0.6 is 0 Å². The van der Waals surface area contributed by atoms with Gasteiger partial charge in [0.1, 0.15) is 12.4 Å². The molecule has 0 atom stereocenters. The van der Waals surface area contributed by atoms with Gasteiger partial charge in [0, 0.05) is 39.9 Å². The first-order valence-electron chi connectivity index (χ1n) is 7.71. The molecule has 6 nitrogen and oxygen atoms in total. The van der Waals surface area contributed by atoms with Crippen LogP contribution in [-0.4, -0.2) is 74.4 Å². The van der Waals surface area contributed by atoms with Crippen molar-refractivity contribution in [2.24, 2.45) is 0 Å². The highest BCUT2D eigenvalue weighted by Crippen LogP contribution is 2.19. The molecule has 0 bridgehead atoms. The van der Waals surface area contributed by atoms with Gasteiger partial charge in [0.25, 0.3) is 0 Å². The van der Waals surface area contributed by atoms with E-state index in [9.17, 15) is 9.90 Å². The van der Waals surface area contributed by atoms with Crippen molar-refractivity contribution in [1.82, 2.24) is 9.80 Å². The Morgan fingerprint density at radius 2 is 1.96 bits per heavy atom. The van der Waals surface area contributed by atoms with Crippen LogP contribution in [0.15, 0.2) is 30.5 Å². The van der Waals surface area contributed by atoms with Gasteiger partial charge in [0.05, 0.1) is 18.8 Å². The number of carbonyl (C=O) groups is 1. The number of hydrogen-bond donors (Lipinski definition) is 1. The number of nitrogens with zero attached hydrogens (tertiary/aromatic N) is 2. The maximum atomic E-state index is 11.3. The summed E-state index contributed by atoms with van der Waals surface area (Å²) in [7, 11) is 3.60. The monoisotopic (exact) mass is 320 g/mol. The van der Waals surface area contributed by atoms with Crippen LogP contribution in [0, 0.1) is 0 Å². The maximum absolute atomic E-state index is 11.3. The molecule has 1 N–H and O–H groups in total. The van der Waals surface area contributed by atoms with Crippen LogP contribution in [0.3, 0.4) is 0 Å². The molecule has 1 aliphatic heterocycles. The molecule has 126 valence electrons. The Morgan fingerprint density at radius 3 is 2.52 bits per heavy atom. The van der Waals surface area contributed by atoms with Crippen molar-refractivity contribution in [2.45, 2.75) is 0 Å². The van der Waals surface area contributed by atoms with E-state index >= 15 is 0 Å². The minimum absolute atomic E-state index is 0.259. The van der Waals surface area contributed by atoms with Gasteiger partial charge in [-0.1, -0.05) is 12.1 Å². The lowest BCUT2D eigenvalue weighted by molar-refractivity contribution is -0.130. The van der Waals surface area contributed by atoms with E-state index in [1.165, 1.54) is 0 Å². The summed E-state index contributed by atoms with van der Waals surface area (Å²) in [6.07, 6.45) is 1.59. The third kappa shape index (κ3) is 5.58. The number of morpholine rings is 1. The van der Waals surface area contributed by atoms with Gasteiger partial charge in [0.2, 0.25) is 0 Å². The summed E-state index contributed by atoms with van der Waals surface area (Å²) in [5.41, 5.74) is 0.918. The predicted octanol–water partition coefficient (Wildman–Crippen LogP) is 1.38. The first-order chi connectivity index (χ1) is 11.1. The molecule has 0 unspecified atom stereocenters. The van der Waals surface area contributed by atoms with Gasteiger partial charge in [0.15, 0.2) is 0 Å². The lowest BCUT2D eigenvalue weighted by atomic mass is 10.1. The van der Waals surface area contributed by atoms with Crippen molar-refractivity contribution in [3.8, 4) is 5.75 Å². The zero-order chi connectivity index (χ0) is 16.7. The molecule has 0 saturated carbocycles. The lowest BCUT2D eigenvalue weighted by Gasteiger charge is -2.26. The van der Waals surface area contributed by atoms with E-state index in [-0.39, 0.29) is 5.57 Å². The molecule has 1 saturated heterocycles. The van der Waals surface area contributed by atoms with E-state index in [1.807, 2.05) is 0 Å². The van der Waals surface area contributed by atoms with Gasteiger partial charge >= 0.3 is 5.97 Å². The molecule has 0 amide bonds. The first kappa shape index (κ1) is 17.3. The Bertz CT molecular complexity index is 534. The molecule has 0 radical (unpaired) electrons. The molecule has 0 spiro atoms. The zero-order valence-corrected chi connectivity index (χ0v) is 13.7. The average Bonchev–Trinajstić information content (AvgIpc) is 2.54. The van der Waals surface area contributed by atoms with E-state index in [0.29, 0.717) is 12.2 Å². The number of carboxylic acid groups (broad SMARTS) is 1. The molecule has 1 aromatic rings. The average molecular weight is 320 g/mol. The summed E-state index contributed by atoms with van der Waals surface area (Å²) in [4.78, 5) is 15.3. The smallest absolute Gasteiger partial charge is 0.337 e. The quantitative estimate of drug-likeness (QED) is 0.766. The fraction of sp³-hybridized carbons (Fsp3) is 0.471. The topological polar surface area (TPSA) is 62.2 Å². The summed E-state index contributed by atoms with van der Waals surface area (Å²) in [5.74, 6) is -0.198. The van der Waals surface area contributed by atoms with Crippen molar-refractivity contribution in [1.29, 1.82) is 0 Å². The van der Waals surface area contributed by atoms with Crippen molar-refractivity contribution < 1.29 is 19.4 Å². The second-order valence-electron chi connectivity index (χ2n) is 5.64. The second kappa shape index (κ2) is 8.55. The van der Waals surface area contributed by atoms with Crippen LogP contribution in [0.5, 0.6) is 5.75 Å². The number of aliphatic carboxylic acids is 1. The standard InChI is InChI=1S/C17H24N2O4/c1-18(2)13-16(17(20)21)14-3-5-15(6-4-14)23-12-9-19-7-10-22-11-8-19/h3-6,13H,7-12H2,1-2H3,(H,20,21). The summed E-state index contributed by atoms with van der Waals surface area (Å²) in [5, 5.41) is 9.29. The molecule has 0 aliphatic carbocycles. The molecule has 6 heteroatoms. The highest BCUT2D eigenvalue weighted by atomic mass is 16.5. The Labute approximate surface area is 136 Å². The molecular formula is C17H24N2O4. The van der Waals surface area contributed by atoms with Gasteiger partial charge in [-0.05, 0) is 17.7 Å². The predicted molar refractivity (Wildman–Crippen MR) is 88.5 cm³/mol. The SMILES string of the molecule is CN(C)C=C(C(=O)O)c1ccc(OCCN2CCOCC2)cc1. The van der Waals surface area contributed by atoms with Crippen LogP contribution in [0.4, 0.5) is 0 Å². The van der Waals surface area contributed by atoms with Gasteiger partial charge in [-0.25, -0.2) is 4.79 Å². The zero-order valence-electron chi connectivity index (χ0n) is 13.7. The van der Waals surface area contributed by atoms with Crippen LogP contribution in [-0.2, 0) is 9.53 Å². The highest BCUT2D eigenvalue weighted by molar-refractivity contribution is 6.15. The van der Waals surface area contributed by atoms with Crippen molar-refractivity contribution >= 4 is 11.5 Å². The summed E-state index contributed by atoms with van der Waals surface area (Å²) < 4.78 is 11.0. The third-order valence-corrected chi connectivity index (χ3v) is 3.56. The fourth-order valence-electron chi connectivity index (χ4n) is 2.36. The number of ether oxygens (including phenoxy) is 2. The van der Waals surface area contributed by atoms with Crippen LogP contribution in [0.25, 0.3) is 5.57 Å². The van der Waals surface area contributed by atoms with Crippen molar-refractivity contribution in [3.05, 3.63) is 36.0 Å².